The minimum absolute atomic E-state index is 0.0354. The Kier molecular flexibility index (Phi) is 14.5. The van der Waals surface area contributed by atoms with E-state index in [1.165, 1.54) is 48.5 Å². The molecule has 1 aliphatic carbocycles. The quantitative estimate of drug-likeness (QED) is 0.0194. The highest BCUT2D eigenvalue weighted by Crippen LogP contribution is 2.44. The molecule has 21 nitrogen and oxygen atoms in total. The largest absolute Gasteiger partial charge is 0.508 e. The number of nitrogens with zero attached hydrogens (tertiary/aromatic N) is 1. The van der Waals surface area contributed by atoms with Crippen molar-refractivity contribution < 1.29 is 62.5 Å². The second kappa shape index (κ2) is 21.6. The van der Waals surface area contributed by atoms with Crippen LogP contribution in [-0.4, -0.2) is 96.3 Å². The number of unbranched alkanes of at least 4 members (excludes halogenated alkanes) is 1. The number of benzene rings is 7. The van der Waals surface area contributed by atoms with Gasteiger partial charge in [-0.1, -0.05) is 66.4 Å². The molecule has 3 amide bonds. The van der Waals surface area contributed by atoms with Crippen molar-refractivity contribution in [3.05, 3.63) is 169 Å². The number of amides is 3. The summed E-state index contributed by atoms with van der Waals surface area (Å²) in [5, 5.41) is 44.5. The fourth-order valence-electron chi connectivity index (χ4n) is 9.95. The minimum atomic E-state index is -5.00. The highest BCUT2D eigenvalue weighted by atomic mass is 31.2. The Balaban J connectivity index is 0.847. The SMILES string of the molecule is O=C(NCCCC[C@H](NC(=O)c1ccc2ccc3cccc4ccc1c2c34)C(=O)NCC#Cc1cn([C@H]2C[C@H](OP(=O)(O)O)[C@@H](CO)O2)c(=O)[nH]c1=O)c1ccc(-c2c3ccc(=O)cc-3oc3cc(O)ccc23)c(C(=O)O)c1. The van der Waals surface area contributed by atoms with E-state index in [9.17, 15) is 63.2 Å². The van der Waals surface area contributed by atoms with Gasteiger partial charge in [-0.2, -0.15) is 0 Å². The molecule has 1 aromatic heterocycles. The maximum Gasteiger partial charge on any atom is 0.469 e. The maximum atomic E-state index is 14.3. The predicted octanol–water partition coefficient (Wildman–Crippen LogP) is 5.34. The first-order valence-corrected chi connectivity index (χ1v) is 25.9. The molecule has 2 aliphatic heterocycles. The Labute approximate surface area is 440 Å². The number of phosphoric acid groups is 1. The van der Waals surface area contributed by atoms with Crippen LogP contribution in [0.2, 0.25) is 0 Å². The summed E-state index contributed by atoms with van der Waals surface area (Å²) >= 11 is 0. The average molecular weight is 1080 g/mol. The Morgan fingerprint density at radius 1 is 0.821 bits per heavy atom. The lowest BCUT2D eigenvalue weighted by Crippen LogP contribution is -2.47. The lowest BCUT2D eigenvalue weighted by Gasteiger charge is -2.19. The fraction of sp³-hybridized carbons (Fsp3) is 0.196. The Hall–Kier alpha value is -9.00. The summed E-state index contributed by atoms with van der Waals surface area (Å²) in [7, 11) is -5.00. The highest BCUT2D eigenvalue weighted by molar-refractivity contribution is 7.46. The Bertz CT molecular complexity index is 4140. The van der Waals surface area contributed by atoms with Gasteiger partial charge in [0.15, 0.2) is 5.43 Å². The third-order valence-electron chi connectivity index (χ3n) is 13.5. The zero-order valence-corrected chi connectivity index (χ0v) is 41.7. The number of aliphatic hydroxyl groups is 1. The molecule has 0 saturated carbocycles. The van der Waals surface area contributed by atoms with E-state index in [0.717, 1.165) is 37.7 Å². The molecule has 396 valence electrons. The van der Waals surface area contributed by atoms with E-state index in [2.05, 4.69) is 32.8 Å². The molecule has 7 aromatic rings. The molecule has 9 N–H and O–H groups in total. The number of nitrogens with one attached hydrogen (secondary N) is 4. The van der Waals surface area contributed by atoms with Crippen molar-refractivity contribution in [1.82, 2.24) is 25.5 Å². The van der Waals surface area contributed by atoms with Gasteiger partial charge in [-0.25, -0.2) is 14.2 Å². The number of ether oxygens (including phenoxy) is 1. The standard InChI is InChI=1S/C56H46N5O16P/c62-28-46-45(77-78(72,73)74)26-47(76-46)61-27-33(52(66)60-56(61)71)7-4-22-58-54(68)42(59-53(67)38-18-12-31-10-9-29-5-3-6-30-11-16-36(38)49(31)48(29)30)8-1-2-21-57-51(65)32-13-17-37(41(23-32)55(69)70)50-39-19-14-34(63)24-43(39)75-44-25-35(64)15-20-40(44)50/h3,5-6,9-20,23-25,27,42,45-47,62-63H,1-2,8,21-22,26,28H2,(H,57,65)(H,58,68)(H,59,67)(H,69,70)(H,60,66,71)(H2,72,73,74)/t42-,45-,46+,47+/m0/s1. The highest BCUT2D eigenvalue weighted by Gasteiger charge is 2.41. The van der Waals surface area contributed by atoms with Crippen molar-refractivity contribution in [3.8, 4) is 40.0 Å². The second-order valence-electron chi connectivity index (χ2n) is 18.5. The van der Waals surface area contributed by atoms with Crippen LogP contribution in [-0.2, 0) is 18.6 Å². The number of carbonyl (C=O) groups is 4. The van der Waals surface area contributed by atoms with E-state index in [4.69, 9.17) is 13.7 Å². The molecule has 0 unspecified atom stereocenters. The minimum Gasteiger partial charge on any atom is -0.508 e. The third-order valence-corrected chi connectivity index (χ3v) is 14.1. The summed E-state index contributed by atoms with van der Waals surface area (Å²) in [5.41, 5.74) is -0.979. The van der Waals surface area contributed by atoms with Gasteiger partial charge in [-0.15, -0.1) is 0 Å². The van der Waals surface area contributed by atoms with Gasteiger partial charge in [0.25, 0.3) is 17.4 Å². The summed E-state index contributed by atoms with van der Waals surface area (Å²) in [4.78, 5) is 113. The molecule has 4 atom stereocenters. The van der Waals surface area contributed by atoms with Crippen LogP contribution in [0.15, 0.2) is 134 Å². The van der Waals surface area contributed by atoms with Crippen molar-refractivity contribution in [2.24, 2.45) is 0 Å². The van der Waals surface area contributed by atoms with Crippen molar-refractivity contribution >= 4 is 74.8 Å². The lowest BCUT2D eigenvalue weighted by molar-refractivity contribution is -0.122. The smallest absolute Gasteiger partial charge is 0.469 e. The number of hydrogen-bond donors (Lipinski definition) is 9. The van der Waals surface area contributed by atoms with Gasteiger partial charge in [0, 0.05) is 58.9 Å². The van der Waals surface area contributed by atoms with E-state index >= 15 is 0 Å². The topological polar surface area (TPSA) is 326 Å². The molecular formula is C56H46N5O16P. The molecular weight excluding hydrogens is 1030 g/mol. The number of H-pyrrole nitrogens is 1. The van der Waals surface area contributed by atoms with Crippen LogP contribution >= 0.6 is 7.82 Å². The molecule has 1 saturated heterocycles. The number of aromatic carboxylic acids is 1. The van der Waals surface area contributed by atoms with Gasteiger partial charge in [-0.3, -0.25) is 38.0 Å². The molecule has 10 rings (SSSR count). The van der Waals surface area contributed by atoms with E-state index in [1.807, 2.05) is 48.5 Å². The first-order chi connectivity index (χ1) is 37.4. The molecule has 78 heavy (non-hydrogen) atoms. The van der Waals surface area contributed by atoms with Crippen LogP contribution in [0.1, 0.15) is 68.5 Å². The number of fused-ring (bicyclic) bond motifs is 2. The van der Waals surface area contributed by atoms with Gasteiger partial charge in [0.1, 0.15) is 47.1 Å². The molecule has 1 fully saturated rings. The maximum absolute atomic E-state index is 14.3. The van der Waals surface area contributed by atoms with E-state index < -0.39 is 73.8 Å². The first-order valence-electron chi connectivity index (χ1n) is 24.4. The monoisotopic (exact) mass is 1080 g/mol. The van der Waals surface area contributed by atoms with Gasteiger partial charge in [0.2, 0.25) is 5.91 Å². The van der Waals surface area contributed by atoms with Crippen LogP contribution in [0, 0.1) is 11.8 Å². The summed E-state index contributed by atoms with van der Waals surface area (Å²) in [5.74, 6) is 2.22. The average Bonchev–Trinajstić information content (AvgIpc) is 3.89. The number of phenols is 1. The normalized spacial score (nSPS) is 15.9. The van der Waals surface area contributed by atoms with Crippen LogP contribution in [0.25, 0.3) is 65.7 Å². The number of aromatic hydroxyl groups is 1. The van der Waals surface area contributed by atoms with Crippen LogP contribution in [0.5, 0.6) is 5.75 Å². The van der Waals surface area contributed by atoms with Crippen LogP contribution in [0.3, 0.4) is 0 Å². The summed E-state index contributed by atoms with van der Waals surface area (Å²) in [6.07, 6.45) is -2.23. The van der Waals surface area contributed by atoms with Crippen molar-refractivity contribution in [3.63, 3.8) is 0 Å². The molecule has 3 aliphatic rings. The van der Waals surface area contributed by atoms with Gasteiger partial charge >= 0.3 is 19.5 Å². The number of aromatic nitrogens is 2. The zero-order valence-electron chi connectivity index (χ0n) is 40.9. The number of carbonyl (C=O) groups excluding carboxylic acids is 3. The van der Waals surface area contributed by atoms with E-state index in [0.29, 0.717) is 40.3 Å². The van der Waals surface area contributed by atoms with Crippen molar-refractivity contribution in [2.75, 3.05) is 19.7 Å². The molecule has 6 aromatic carbocycles. The fourth-order valence-corrected chi connectivity index (χ4v) is 10.5. The lowest BCUT2D eigenvalue weighted by atomic mass is 9.90. The summed E-state index contributed by atoms with van der Waals surface area (Å²) in [6.45, 7) is -0.943. The first kappa shape index (κ1) is 52.4. The van der Waals surface area contributed by atoms with E-state index in [-0.39, 0.29) is 70.7 Å². The van der Waals surface area contributed by atoms with Gasteiger partial charge in [0.05, 0.1) is 18.7 Å². The number of rotatable bonds is 16. The van der Waals surface area contributed by atoms with Crippen molar-refractivity contribution in [2.45, 2.75) is 50.2 Å². The number of phosphoric ester groups is 1. The predicted molar refractivity (Wildman–Crippen MR) is 284 cm³/mol. The number of phenolic OH excluding ortho intramolecular Hbond substituents is 1. The molecule has 0 spiro atoms. The Morgan fingerprint density at radius 3 is 2.31 bits per heavy atom. The number of hydrogen-bond acceptors (Lipinski definition) is 13. The van der Waals surface area contributed by atoms with Crippen molar-refractivity contribution in [1.29, 1.82) is 0 Å². The summed E-state index contributed by atoms with van der Waals surface area (Å²) in [6, 6.07) is 28.7. The molecule has 3 heterocycles. The van der Waals surface area contributed by atoms with E-state index in [1.54, 1.807) is 12.1 Å². The number of carboxylic acids is 1. The van der Waals surface area contributed by atoms with Crippen LogP contribution in [0.4, 0.5) is 0 Å². The van der Waals surface area contributed by atoms with Crippen LogP contribution < -0.4 is 32.6 Å². The number of aromatic amines is 1. The number of carboxylic acid groups (broad SMARTS) is 1. The molecule has 0 radical (unpaired) electrons. The molecule has 22 heteroatoms. The van der Waals surface area contributed by atoms with Gasteiger partial charge in [-0.05, 0) is 99.6 Å². The zero-order chi connectivity index (χ0) is 55.0. The molecule has 0 bridgehead atoms. The number of aliphatic hydroxyl groups excluding tert-OH is 1. The second-order valence-corrected chi connectivity index (χ2v) is 19.7. The third kappa shape index (κ3) is 10.7. The van der Waals surface area contributed by atoms with Gasteiger partial charge < -0.3 is 50.2 Å². The Morgan fingerprint density at radius 2 is 1.55 bits per heavy atom. The summed E-state index contributed by atoms with van der Waals surface area (Å²) < 4.78 is 28.7.